The number of amides is 2. The highest BCUT2D eigenvalue weighted by Gasteiger charge is 2.54. The van der Waals surface area contributed by atoms with Crippen LogP contribution in [0.15, 0.2) is 36.4 Å². The Balaban J connectivity index is 0.000000913. The summed E-state index contributed by atoms with van der Waals surface area (Å²) in [7, 11) is 5.69. The molecule has 2 aliphatic rings. The smallest absolute Gasteiger partial charge is 0.290 e. The number of fused-ring (bicyclic) bond motifs is 1. The molecule has 2 aliphatic heterocycles. The van der Waals surface area contributed by atoms with Gasteiger partial charge in [0.05, 0.1) is 17.2 Å². The second kappa shape index (κ2) is 9.95. The summed E-state index contributed by atoms with van der Waals surface area (Å²) in [5.74, 6) is 0.0679. The molecule has 0 radical (unpaired) electrons. The normalized spacial score (nSPS) is 22.8. The van der Waals surface area contributed by atoms with Gasteiger partial charge < -0.3 is 19.8 Å². The molecule has 4 rings (SSSR count). The number of aromatic amines is 1. The number of likely N-dealkylation sites (N-methyl/N-ethyl adjacent to an activating group) is 1. The number of H-pyrrole nitrogens is 1. The zero-order chi connectivity index (χ0) is 23.3. The van der Waals surface area contributed by atoms with Gasteiger partial charge >= 0.3 is 0 Å². The SMILES string of the molecule is CN1CC[C@]2(C(=O)N(C)C)CCCN(C(=O)c3cc(-c4ccccc4)n[nH]3)[C@H]2C1.O=CO. The Morgan fingerprint density at radius 3 is 2.56 bits per heavy atom. The zero-order valence-corrected chi connectivity index (χ0v) is 18.8. The van der Waals surface area contributed by atoms with Crippen molar-refractivity contribution in [1.29, 1.82) is 0 Å². The van der Waals surface area contributed by atoms with Crippen LogP contribution in [0.2, 0.25) is 0 Å². The minimum atomic E-state index is -0.494. The van der Waals surface area contributed by atoms with E-state index in [0.29, 0.717) is 18.8 Å². The lowest BCUT2D eigenvalue weighted by molar-refractivity contribution is -0.151. The maximum absolute atomic E-state index is 13.5. The first-order valence-electron chi connectivity index (χ1n) is 10.7. The van der Waals surface area contributed by atoms with Crippen LogP contribution in [0, 0.1) is 5.41 Å². The van der Waals surface area contributed by atoms with Crippen LogP contribution in [0.4, 0.5) is 0 Å². The Labute approximate surface area is 188 Å². The third kappa shape index (κ3) is 4.52. The van der Waals surface area contributed by atoms with Crippen LogP contribution in [-0.4, -0.2) is 95.1 Å². The lowest BCUT2D eigenvalue weighted by atomic mass is 9.67. The molecule has 2 atom stereocenters. The van der Waals surface area contributed by atoms with Crippen molar-refractivity contribution in [2.24, 2.45) is 5.41 Å². The van der Waals surface area contributed by atoms with Crippen LogP contribution in [-0.2, 0) is 9.59 Å². The second-order valence-electron chi connectivity index (χ2n) is 8.62. The Bertz CT molecular complexity index is 945. The number of nitrogens with one attached hydrogen (secondary N) is 1. The first-order chi connectivity index (χ1) is 15.3. The molecular weight excluding hydrogens is 410 g/mol. The average molecular weight is 442 g/mol. The van der Waals surface area contributed by atoms with E-state index in [2.05, 4.69) is 22.1 Å². The molecule has 1 aromatic carbocycles. The van der Waals surface area contributed by atoms with Crippen molar-refractivity contribution in [3.05, 3.63) is 42.1 Å². The van der Waals surface area contributed by atoms with Gasteiger partial charge in [0.15, 0.2) is 0 Å². The van der Waals surface area contributed by atoms with Crippen LogP contribution >= 0.6 is 0 Å². The van der Waals surface area contributed by atoms with Gasteiger partial charge in [0.25, 0.3) is 12.4 Å². The summed E-state index contributed by atoms with van der Waals surface area (Å²) in [6, 6.07) is 11.5. The monoisotopic (exact) mass is 441 g/mol. The molecule has 32 heavy (non-hydrogen) atoms. The lowest BCUT2D eigenvalue weighted by Crippen LogP contribution is -2.66. The average Bonchev–Trinajstić information content (AvgIpc) is 3.29. The van der Waals surface area contributed by atoms with Crippen LogP contribution in [0.5, 0.6) is 0 Å². The van der Waals surface area contributed by atoms with E-state index in [1.54, 1.807) is 4.90 Å². The topological polar surface area (TPSA) is 110 Å². The standard InChI is InChI=1S/C22H29N5O2.CH2O2/c1-25(2)21(29)22-10-7-12-27(19(22)15-26(3)13-11-22)20(28)18-14-17(23-24-18)16-8-5-4-6-9-16;2-1-3/h4-6,8-9,14,19H,7,10-13,15H2,1-3H3,(H,23,24);1H,(H,2,3)/t19-,22+;/m0./s1. The zero-order valence-electron chi connectivity index (χ0n) is 18.8. The van der Waals surface area contributed by atoms with E-state index >= 15 is 0 Å². The summed E-state index contributed by atoms with van der Waals surface area (Å²) >= 11 is 0. The number of hydrogen-bond acceptors (Lipinski definition) is 5. The molecule has 3 heterocycles. The van der Waals surface area contributed by atoms with Gasteiger partial charge in [-0.3, -0.25) is 19.5 Å². The first-order valence-corrected chi connectivity index (χ1v) is 10.7. The molecule has 9 nitrogen and oxygen atoms in total. The van der Waals surface area contributed by atoms with Gasteiger partial charge in [-0.05, 0) is 38.9 Å². The van der Waals surface area contributed by atoms with Crippen LogP contribution in [0.3, 0.4) is 0 Å². The fourth-order valence-corrected chi connectivity index (χ4v) is 4.91. The highest BCUT2D eigenvalue weighted by Crippen LogP contribution is 2.44. The third-order valence-corrected chi connectivity index (χ3v) is 6.43. The van der Waals surface area contributed by atoms with Gasteiger partial charge in [-0.15, -0.1) is 0 Å². The Hall–Kier alpha value is -3.20. The number of hydrogen-bond donors (Lipinski definition) is 2. The Morgan fingerprint density at radius 1 is 1.22 bits per heavy atom. The van der Waals surface area contributed by atoms with Crippen molar-refractivity contribution < 1.29 is 19.5 Å². The third-order valence-electron chi connectivity index (χ3n) is 6.43. The number of carbonyl (C=O) groups is 3. The number of benzene rings is 1. The van der Waals surface area contributed by atoms with Crippen LogP contribution < -0.4 is 0 Å². The summed E-state index contributed by atoms with van der Waals surface area (Å²) in [5.41, 5.74) is 1.70. The van der Waals surface area contributed by atoms with Gasteiger partial charge in [-0.25, -0.2) is 0 Å². The lowest BCUT2D eigenvalue weighted by Gasteiger charge is -2.54. The van der Waals surface area contributed by atoms with E-state index in [1.807, 2.05) is 55.4 Å². The summed E-state index contributed by atoms with van der Waals surface area (Å²) in [4.78, 5) is 40.8. The predicted molar refractivity (Wildman–Crippen MR) is 120 cm³/mol. The number of aromatic nitrogens is 2. The molecule has 2 aromatic rings. The fourth-order valence-electron chi connectivity index (χ4n) is 4.91. The van der Waals surface area contributed by atoms with Crippen LogP contribution in [0.25, 0.3) is 11.3 Å². The van der Waals surface area contributed by atoms with E-state index in [-0.39, 0.29) is 24.3 Å². The number of nitrogens with zero attached hydrogens (tertiary/aromatic N) is 4. The van der Waals surface area contributed by atoms with Crippen molar-refractivity contribution in [2.75, 3.05) is 40.8 Å². The molecule has 2 fully saturated rings. The molecule has 2 amide bonds. The molecule has 2 saturated heterocycles. The highest BCUT2D eigenvalue weighted by molar-refractivity contribution is 5.95. The summed E-state index contributed by atoms with van der Waals surface area (Å²) < 4.78 is 0. The largest absolute Gasteiger partial charge is 0.483 e. The quantitative estimate of drug-likeness (QED) is 0.703. The number of piperidine rings is 2. The van der Waals surface area contributed by atoms with Gasteiger partial charge in [0.2, 0.25) is 5.91 Å². The van der Waals surface area contributed by atoms with Crippen molar-refractivity contribution in [3.8, 4) is 11.3 Å². The van der Waals surface area contributed by atoms with E-state index < -0.39 is 5.41 Å². The van der Waals surface area contributed by atoms with Crippen molar-refractivity contribution in [1.82, 2.24) is 24.9 Å². The predicted octanol–water partition coefficient (Wildman–Crippen LogP) is 1.79. The van der Waals surface area contributed by atoms with Gasteiger partial charge in [-0.1, -0.05) is 30.3 Å². The van der Waals surface area contributed by atoms with E-state index in [1.165, 1.54) is 0 Å². The number of rotatable bonds is 3. The Kier molecular flexibility index (Phi) is 7.29. The molecule has 2 N–H and O–H groups in total. The van der Waals surface area contributed by atoms with Crippen molar-refractivity contribution in [2.45, 2.75) is 25.3 Å². The Morgan fingerprint density at radius 2 is 1.91 bits per heavy atom. The number of likely N-dealkylation sites (tertiary alicyclic amines) is 2. The van der Waals surface area contributed by atoms with Gasteiger partial charge in [0.1, 0.15) is 5.69 Å². The minimum absolute atomic E-state index is 0.0735. The summed E-state index contributed by atoms with van der Waals surface area (Å²) in [5, 5.41) is 14.2. The molecule has 1 aromatic heterocycles. The molecule has 0 unspecified atom stereocenters. The summed E-state index contributed by atoms with van der Waals surface area (Å²) in [6.45, 7) is 2.00. The highest BCUT2D eigenvalue weighted by atomic mass is 16.3. The number of carboxylic acid groups (broad SMARTS) is 1. The maximum Gasteiger partial charge on any atom is 0.290 e. The molecule has 172 valence electrons. The molecule has 0 bridgehead atoms. The molecule has 0 aliphatic carbocycles. The van der Waals surface area contributed by atoms with E-state index in [4.69, 9.17) is 9.90 Å². The van der Waals surface area contributed by atoms with E-state index in [0.717, 1.165) is 37.1 Å². The minimum Gasteiger partial charge on any atom is -0.483 e. The van der Waals surface area contributed by atoms with Crippen molar-refractivity contribution >= 4 is 18.3 Å². The second-order valence-corrected chi connectivity index (χ2v) is 8.62. The first kappa shape index (κ1) is 23.5. The summed E-state index contributed by atoms with van der Waals surface area (Å²) in [6.07, 6.45) is 2.46. The van der Waals surface area contributed by atoms with Gasteiger partial charge in [-0.2, -0.15) is 5.10 Å². The molecular formula is C23H31N5O4. The number of carbonyl (C=O) groups excluding carboxylic acids is 2. The van der Waals surface area contributed by atoms with Crippen molar-refractivity contribution in [3.63, 3.8) is 0 Å². The van der Waals surface area contributed by atoms with Gasteiger partial charge in [0, 0.05) is 32.7 Å². The van der Waals surface area contributed by atoms with Crippen LogP contribution in [0.1, 0.15) is 29.8 Å². The molecule has 0 saturated carbocycles. The molecule has 9 heteroatoms. The molecule has 0 spiro atoms. The fraction of sp³-hybridized carbons (Fsp3) is 0.478. The maximum atomic E-state index is 13.5. The van der Waals surface area contributed by atoms with E-state index in [9.17, 15) is 9.59 Å².